The average Bonchev–Trinajstić information content (AvgIpc) is 2.64. The van der Waals surface area contributed by atoms with E-state index in [-0.39, 0.29) is 0 Å². The first-order valence-corrected chi connectivity index (χ1v) is 10.6. The van der Waals surface area contributed by atoms with Crippen LogP contribution in [0.25, 0.3) is 0 Å². The first-order valence-electron chi connectivity index (χ1n) is 10.6. The molecule has 1 saturated heterocycles. The van der Waals surface area contributed by atoms with E-state index in [1.165, 1.54) is 109 Å². The Kier molecular flexibility index (Phi) is 9.94. The summed E-state index contributed by atoms with van der Waals surface area (Å²) in [5, 5.41) is 0. The van der Waals surface area contributed by atoms with Gasteiger partial charge in [0.2, 0.25) is 0 Å². The van der Waals surface area contributed by atoms with Crippen LogP contribution in [0.15, 0.2) is 4.99 Å². The third-order valence-electron chi connectivity index (χ3n) is 5.90. The van der Waals surface area contributed by atoms with Gasteiger partial charge in [0.05, 0.1) is 6.04 Å². The predicted molar refractivity (Wildman–Crippen MR) is 103 cm³/mol. The fourth-order valence-corrected chi connectivity index (χ4v) is 4.34. The van der Waals surface area contributed by atoms with Crippen LogP contribution in [0.2, 0.25) is 0 Å². The molecule has 2 atom stereocenters. The molecule has 2 aliphatic heterocycles. The van der Waals surface area contributed by atoms with Gasteiger partial charge in [0.1, 0.15) is 0 Å². The van der Waals surface area contributed by atoms with Crippen molar-refractivity contribution in [3.63, 3.8) is 0 Å². The van der Waals surface area contributed by atoms with Crippen LogP contribution in [0.4, 0.5) is 0 Å². The monoisotopic (exact) mass is 320 g/mol. The summed E-state index contributed by atoms with van der Waals surface area (Å²) in [5.74, 6) is 0. The zero-order valence-corrected chi connectivity index (χ0v) is 15.6. The lowest BCUT2D eigenvalue weighted by atomic mass is 9.95. The van der Waals surface area contributed by atoms with E-state index < -0.39 is 0 Å². The maximum absolute atomic E-state index is 5.08. The Balaban J connectivity index is 1.97. The van der Waals surface area contributed by atoms with Crippen molar-refractivity contribution in [2.24, 2.45) is 4.99 Å². The van der Waals surface area contributed by atoms with E-state index >= 15 is 0 Å². The van der Waals surface area contributed by atoms with Gasteiger partial charge in [-0.25, -0.2) is 0 Å². The van der Waals surface area contributed by atoms with Gasteiger partial charge in [-0.05, 0) is 51.9 Å². The molecule has 2 rings (SSSR count). The molecule has 23 heavy (non-hydrogen) atoms. The Morgan fingerprint density at radius 1 is 0.696 bits per heavy atom. The van der Waals surface area contributed by atoms with E-state index in [4.69, 9.17) is 4.99 Å². The van der Waals surface area contributed by atoms with Gasteiger partial charge in [-0.3, -0.25) is 4.99 Å². The number of likely N-dealkylation sites (N-methyl/N-ethyl adjacent to an activating group) is 1. The van der Waals surface area contributed by atoms with Crippen molar-refractivity contribution >= 4 is 6.21 Å². The van der Waals surface area contributed by atoms with Crippen LogP contribution in [0.5, 0.6) is 0 Å². The maximum atomic E-state index is 5.08. The quantitative estimate of drug-likeness (QED) is 0.579. The van der Waals surface area contributed by atoms with E-state index in [1.54, 1.807) is 0 Å². The Hall–Kier alpha value is -0.370. The molecule has 0 N–H and O–H groups in total. The standard InChI is InChI=1S/C21H40N2/c1-23-19-15-11-7-3-5-9-13-17-21(23)20-16-12-8-4-2-6-10-14-18-22-20/h18,20-21H,2-17,19H2,1H3. The Morgan fingerprint density at radius 2 is 1.26 bits per heavy atom. The summed E-state index contributed by atoms with van der Waals surface area (Å²) in [6.45, 7) is 1.27. The molecule has 2 unspecified atom stereocenters. The lowest BCUT2D eigenvalue weighted by molar-refractivity contribution is 0.188. The minimum Gasteiger partial charge on any atom is -0.301 e. The first-order chi connectivity index (χ1) is 11.4. The number of hydrogen-bond acceptors (Lipinski definition) is 2. The molecule has 0 saturated carbocycles. The van der Waals surface area contributed by atoms with Gasteiger partial charge >= 0.3 is 0 Å². The summed E-state index contributed by atoms with van der Waals surface area (Å²) in [7, 11) is 2.36. The molecule has 0 bridgehead atoms. The Bertz CT molecular complexity index is 313. The molecule has 0 amide bonds. The van der Waals surface area contributed by atoms with E-state index in [0.29, 0.717) is 12.1 Å². The second-order valence-electron chi connectivity index (χ2n) is 7.91. The van der Waals surface area contributed by atoms with Crippen molar-refractivity contribution in [1.82, 2.24) is 4.90 Å². The van der Waals surface area contributed by atoms with Gasteiger partial charge < -0.3 is 4.90 Å². The van der Waals surface area contributed by atoms with E-state index in [0.717, 1.165) is 0 Å². The van der Waals surface area contributed by atoms with Gasteiger partial charge in [0.25, 0.3) is 0 Å². The number of hydrogen-bond donors (Lipinski definition) is 0. The number of aliphatic imine (C=N–C) groups is 1. The molecular formula is C21H40N2. The van der Waals surface area contributed by atoms with Crippen LogP contribution in [0, 0.1) is 0 Å². The molecular weight excluding hydrogens is 280 g/mol. The van der Waals surface area contributed by atoms with Crippen molar-refractivity contribution in [2.45, 2.75) is 115 Å². The molecule has 2 heterocycles. The molecule has 2 aliphatic rings. The third kappa shape index (κ3) is 7.83. The summed E-state index contributed by atoms with van der Waals surface area (Å²) in [4.78, 5) is 7.74. The largest absolute Gasteiger partial charge is 0.301 e. The Labute approximate surface area is 145 Å². The first kappa shape index (κ1) is 19.0. The van der Waals surface area contributed by atoms with E-state index in [2.05, 4.69) is 18.2 Å². The lowest BCUT2D eigenvalue weighted by Gasteiger charge is -2.33. The molecule has 0 aromatic heterocycles. The topological polar surface area (TPSA) is 15.6 Å². The van der Waals surface area contributed by atoms with Crippen LogP contribution in [0.3, 0.4) is 0 Å². The van der Waals surface area contributed by atoms with E-state index in [9.17, 15) is 0 Å². The highest BCUT2D eigenvalue weighted by Crippen LogP contribution is 2.23. The highest BCUT2D eigenvalue weighted by atomic mass is 15.1. The molecule has 0 radical (unpaired) electrons. The maximum Gasteiger partial charge on any atom is 0.0650 e. The minimum absolute atomic E-state index is 0.554. The van der Waals surface area contributed by atoms with Crippen molar-refractivity contribution in [3.8, 4) is 0 Å². The fraction of sp³-hybridized carbons (Fsp3) is 0.952. The summed E-state index contributed by atoms with van der Waals surface area (Å²) in [5.41, 5.74) is 0. The molecule has 1 fully saturated rings. The van der Waals surface area contributed by atoms with Gasteiger partial charge in [-0.1, -0.05) is 70.6 Å². The zero-order valence-electron chi connectivity index (χ0n) is 15.6. The summed E-state index contributed by atoms with van der Waals surface area (Å²) in [6, 6.07) is 1.24. The van der Waals surface area contributed by atoms with Crippen molar-refractivity contribution < 1.29 is 0 Å². The SMILES string of the molecule is CN1CCCCCCCCCC1C1CCCCCCCCC=N1. The normalized spacial score (nSPS) is 31.0. The average molecular weight is 321 g/mol. The smallest absolute Gasteiger partial charge is 0.0650 e. The molecule has 0 aliphatic carbocycles. The van der Waals surface area contributed by atoms with Crippen molar-refractivity contribution in [1.29, 1.82) is 0 Å². The van der Waals surface area contributed by atoms with Crippen LogP contribution in [-0.4, -0.2) is 36.8 Å². The molecule has 2 nitrogen and oxygen atoms in total. The van der Waals surface area contributed by atoms with Crippen LogP contribution < -0.4 is 0 Å². The fourth-order valence-electron chi connectivity index (χ4n) is 4.34. The summed E-state index contributed by atoms with van der Waals surface area (Å²) in [6.07, 6.45) is 24.5. The van der Waals surface area contributed by atoms with Crippen molar-refractivity contribution in [3.05, 3.63) is 0 Å². The lowest BCUT2D eigenvalue weighted by Crippen LogP contribution is -2.41. The number of rotatable bonds is 1. The highest BCUT2D eigenvalue weighted by molar-refractivity contribution is 5.57. The molecule has 2 heteroatoms. The minimum atomic E-state index is 0.554. The molecule has 0 spiro atoms. The van der Waals surface area contributed by atoms with Crippen molar-refractivity contribution in [2.75, 3.05) is 13.6 Å². The molecule has 134 valence electrons. The van der Waals surface area contributed by atoms with Crippen LogP contribution in [-0.2, 0) is 0 Å². The predicted octanol–water partition coefficient (Wildman–Crippen LogP) is 6.00. The van der Waals surface area contributed by atoms with Gasteiger partial charge in [0, 0.05) is 6.04 Å². The summed E-state index contributed by atoms with van der Waals surface area (Å²) < 4.78 is 0. The molecule has 0 aromatic rings. The van der Waals surface area contributed by atoms with Crippen LogP contribution >= 0.6 is 0 Å². The van der Waals surface area contributed by atoms with Crippen LogP contribution in [0.1, 0.15) is 103 Å². The Morgan fingerprint density at radius 3 is 2.00 bits per heavy atom. The van der Waals surface area contributed by atoms with Gasteiger partial charge in [0.15, 0.2) is 0 Å². The molecule has 0 aromatic carbocycles. The second kappa shape index (κ2) is 12.1. The third-order valence-corrected chi connectivity index (χ3v) is 5.90. The van der Waals surface area contributed by atoms with Gasteiger partial charge in [-0.15, -0.1) is 0 Å². The number of nitrogens with zero attached hydrogens (tertiary/aromatic N) is 2. The van der Waals surface area contributed by atoms with Gasteiger partial charge in [-0.2, -0.15) is 0 Å². The zero-order chi connectivity index (χ0) is 16.2. The second-order valence-corrected chi connectivity index (χ2v) is 7.91. The summed E-state index contributed by atoms with van der Waals surface area (Å²) >= 11 is 0. The highest BCUT2D eigenvalue weighted by Gasteiger charge is 2.24. The van der Waals surface area contributed by atoms with E-state index in [1.807, 2.05) is 0 Å².